The lowest BCUT2D eigenvalue weighted by molar-refractivity contribution is -0.121. The molecule has 0 saturated carbocycles. The normalized spacial score (nSPS) is 11.7. The van der Waals surface area contributed by atoms with Gasteiger partial charge in [-0.1, -0.05) is 30.3 Å². The fourth-order valence-electron chi connectivity index (χ4n) is 3.01. The van der Waals surface area contributed by atoms with E-state index in [1.54, 1.807) is 19.2 Å². The highest BCUT2D eigenvalue weighted by Gasteiger charge is 2.18. The van der Waals surface area contributed by atoms with E-state index in [-0.39, 0.29) is 12.3 Å². The van der Waals surface area contributed by atoms with Gasteiger partial charge in [0.05, 0.1) is 24.2 Å². The molecular formula is C20H20N4O2. The third-order valence-corrected chi connectivity index (χ3v) is 4.29. The predicted molar refractivity (Wildman–Crippen MR) is 98.6 cm³/mol. The Balaban J connectivity index is 1.70. The van der Waals surface area contributed by atoms with Crippen LogP contribution in [0, 0.1) is 18.3 Å². The molecule has 0 fully saturated rings. The molecule has 1 N–H and O–H groups in total. The molecule has 3 rings (SSSR count). The molecule has 0 aliphatic rings. The largest absolute Gasteiger partial charge is 0.496 e. The van der Waals surface area contributed by atoms with E-state index in [1.165, 1.54) is 0 Å². The van der Waals surface area contributed by atoms with Crippen molar-refractivity contribution in [1.29, 1.82) is 5.26 Å². The SMILES string of the molecule is COc1ccccc1[C@H](C#N)NC(=O)CCn1c(C)nc2ccccc21. The third-order valence-electron chi connectivity index (χ3n) is 4.29. The summed E-state index contributed by atoms with van der Waals surface area (Å²) in [7, 11) is 1.54. The Bertz CT molecular complexity index is 971. The highest BCUT2D eigenvalue weighted by molar-refractivity contribution is 5.78. The number of carbonyl (C=O) groups excluding carboxylic acids is 1. The van der Waals surface area contributed by atoms with Gasteiger partial charge in [-0.2, -0.15) is 5.26 Å². The van der Waals surface area contributed by atoms with Crippen molar-refractivity contribution in [2.45, 2.75) is 25.9 Å². The Morgan fingerprint density at radius 2 is 2.00 bits per heavy atom. The van der Waals surface area contributed by atoms with Gasteiger partial charge in [0, 0.05) is 18.5 Å². The van der Waals surface area contributed by atoms with Gasteiger partial charge >= 0.3 is 0 Å². The van der Waals surface area contributed by atoms with Gasteiger partial charge in [0.25, 0.3) is 0 Å². The Morgan fingerprint density at radius 3 is 2.77 bits per heavy atom. The van der Waals surface area contributed by atoms with Crippen molar-refractivity contribution in [1.82, 2.24) is 14.9 Å². The molecule has 0 aliphatic carbocycles. The number of rotatable bonds is 6. The van der Waals surface area contributed by atoms with Gasteiger partial charge in [-0.25, -0.2) is 4.98 Å². The Kier molecular flexibility index (Phi) is 5.18. The first kappa shape index (κ1) is 17.5. The van der Waals surface area contributed by atoms with E-state index in [1.807, 2.05) is 47.9 Å². The van der Waals surface area contributed by atoms with Gasteiger partial charge < -0.3 is 14.6 Å². The highest BCUT2D eigenvalue weighted by atomic mass is 16.5. The summed E-state index contributed by atoms with van der Waals surface area (Å²) < 4.78 is 7.29. The number of para-hydroxylation sites is 3. The van der Waals surface area contributed by atoms with E-state index in [0.29, 0.717) is 17.9 Å². The lowest BCUT2D eigenvalue weighted by Gasteiger charge is -2.15. The molecule has 0 unspecified atom stereocenters. The monoisotopic (exact) mass is 348 g/mol. The Labute approximate surface area is 152 Å². The number of carbonyl (C=O) groups is 1. The number of nitrogens with one attached hydrogen (secondary N) is 1. The Hall–Kier alpha value is -3.33. The van der Waals surface area contributed by atoms with Gasteiger partial charge in [0.1, 0.15) is 17.6 Å². The zero-order chi connectivity index (χ0) is 18.5. The van der Waals surface area contributed by atoms with Crippen molar-refractivity contribution in [3.63, 3.8) is 0 Å². The van der Waals surface area contributed by atoms with Gasteiger partial charge in [0.2, 0.25) is 5.91 Å². The molecule has 1 atom stereocenters. The van der Waals surface area contributed by atoms with E-state index in [2.05, 4.69) is 16.4 Å². The molecule has 2 aromatic carbocycles. The van der Waals surface area contributed by atoms with Crippen LogP contribution in [-0.2, 0) is 11.3 Å². The summed E-state index contributed by atoms with van der Waals surface area (Å²) in [6, 6.07) is 16.4. The zero-order valence-electron chi connectivity index (χ0n) is 14.8. The second-order valence-corrected chi connectivity index (χ2v) is 5.92. The number of nitrogens with zero attached hydrogens (tertiary/aromatic N) is 3. The minimum absolute atomic E-state index is 0.195. The number of nitriles is 1. The molecule has 0 bridgehead atoms. The van der Waals surface area contributed by atoms with E-state index in [0.717, 1.165) is 16.9 Å². The number of aromatic nitrogens is 2. The topological polar surface area (TPSA) is 79.9 Å². The summed E-state index contributed by atoms with van der Waals surface area (Å²) in [4.78, 5) is 16.9. The van der Waals surface area contributed by atoms with E-state index >= 15 is 0 Å². The average molecular weight is 348 g/mol. The molecular weight excluding hydrogens is 328 g/mol. The number of hydrogen-bond donors (Lipinski definition) is 1. The quantitative estimate of drug-likeness (QED) is 0.742. The van der Waals surface area contributed by atoms with Crippen molar-refractivity contribution < 1.29 is 9.53 Å². The maximum Gasteiger partial charge on any atom is 0.223 e. The van der Waals surface area contributed by atoms with Crippen LogP contribution in [0.5, 0.6) is 5.75 Å². The van der Waals surface area contributed by atoms with Gasteiger partial charge in [-0.05, 0) is 25.1 Å². The van der Waals surface area contributed by atoms with Crippen molar-refractivity contribution in [2.24, 2.45) is 0 Å². The smallest absolute Gasteiger partial charge is 0.223 e. The van der Waals surface area contributed by atoms with Gasteiger partial charge in [-0.3, -0.25) is 4.79 Å². The van der Waals surface area contributed by atoms with Crippen molar-refractivity contribution in [3.8, 4) is 11.8 Å². The average Bonchev–Trinajstić information content (AvgIpc) is 2.99. The van der Waals surface area contributed by atoms with Gasteiger partial charge in [-0.15, -0.1) is 0 Å². The second-order valence-electron chi connectivity index (χ2n) is 5.92. The lowest BCUT2D eigenvalue weighted by Crippen LogP contribution is -2.28. The van der Waals surface area contributed by atoms with Crippen LogP contribution >= 0.6 is 0 Å². The molecule has 1 aromatic heterocycles. The molecule has 1 heterocycles. The molecule has 1 amide bonds. The molecule has 3 aromatic rings. The van der Waals surface area contributed by atoms with Crippen LogP contribution in [0.3, 0.4) is 0 Å². The standard InChI is InChI=1S/C20H20N4O2/c1-14-22-16-8-4-5-9-18(16)24(14)12-11-20(25)23-17(13-21)15-7-3-6-10-19(15)26-2/h3-10,17H,11-12H2,1-2H3,(H,23,25)/t17-/m0/s1. The van der Waals surface area contributed by atoms with Crippen molar-refractivity contribution in [2.75, 3.05) is 7.11 Å². The molecule has 26 heavy (non-hydrogen) atoms. The fraction of sp³-hybridized carbons (Fsp3) is 0.250. The number of aryl methyl sites for hydroxylation is 2. The number of ether oxygens (including phenoxy) is 1. The summed E-state index contributed by atoms with van der Waals surface area (Å²) in [5.74, 6) is 1.25. The molecule has 0 radical (unpaired) electrons. The molecule has 132 valence electrons. The third kappa shape index (κ3) is 3.52. The summed E-state index contributed by atoms with van der Waals surface area (Å²) >= 11 is 0. The van der Waals surface area contributed by atoms with Crippen LogP contribution in [0.4, 0.5) is 0 Å². The minimum atomic E-state index is -0.751. The van der Waals surface area contributed by atoms with E-state index < -0.39 is 6.04 Å². The number of fused-ring (bicyclic) bond motifs is 1. The van der Waals surface area contributed by atoms with E-state index in [9.17, 15) is 10.1 Å². The highest BCUT2D eigenvalue weighted by Crippen LogP contribution is 2.24. The van der Waals surface area contributed by atoms with Crippen LogP contribution in [-0.4, -0.2) is 22.6 Å². The molecule has 6 nitrogen and oxygen atoms in total. The number of imidazole rings is 1. The first-order valence-corrected chi connectivity index (χ1v) is 8.38. The molecule has 0 spiro atoms. The van der Waals surface area contributed by atoms with Crippen LogP contribution < -0.4 is 10.1 Å². The Morgan fingerprint density at radius 1 is 1.27 bits per heavy atom. The molecule has 0 saturated heterocycles. The van der Waals surface area contributed by atoms with Crippen LogP contribution in [0.2, 0.25) is 0 Å². The van der Waals surface area contributed by atoms with Crippen LogP contribution in [0.25, 0.3) is 11.0 Å². The van der Waals surface area contributed by atoms with Crippen LogP contribution in [0.15, 0.2) is 48.5 Å². The summed E-state index contributed by atoms with van der Waals surface area (Å²) in [6.07, 6.45) is 0.258. The molecule has 0 aliphatic heterocycles. The number of benzene rings is 2. The van der Waals surface area contributed by atoms with Gasteiger partial charge in [0.15, 0.2) is 0 Å². The lowest BCUT2D eigenvalue weighted by atomic mass is 10.1. The second kappa shape index (κ2) is 7.70. The fourth-order valence-corrected chi connectivity index (χ4v) is 3.01. The number of hydrogen-bond acceptors (Lipinski definition) is 4. The zero-order valence-corrected chi connectivity index (χ0v) is 14.8. The maximum atomic E-state index is 12.4. The summed E-state index contributed by atoms with van der Waals surface area (Å²) in [6.45, 7) is 2.42. The number of methoxy groups -OCH3 is 1. The molecule has 6 heteroatoms. The maximum absolute atomic E-state index is 12.4. The minimum Gasteiger partial charge on any atom is -0.496 e. The van der Waals surface area contributed by atoms with Crippen molar-refractivity contribution >= 4 is 16.9 Å². The van der Waals surface area contributed by atoms with Crippen molar-refractivity contribution in [3.05, 3.63) is 59.9 Å². The summed E-state index contributed by atoms with van der Waals surface area (Å²) in [5, 5.41) is 12.2. The van der Waals surface area contributed by atoms with Crippen LogP contribution in [0.1, 0.15) is 23.9 Å². The first-order valence-electron chi connectivity index (χ1n) is 8.38. The summed E-state index contributed by atoms with van der Waals surface area (Å²) in [5.41, 5.74) is 2.56. The van der Waals surface area contributed by atoms with E-state index in [4.69, 9.17) is 4.74 Å². The first-order chi connectivity index (χ1) is 12.6. The number of amides is 1. The predicted octanol–water partition coefficient (Wildman–Crippen LogP) is 3.12.